The molecule has 0 aliphatic carbocycles. The third kappa shape index (κ3) is 9.87. The number of pyridine rings is 1. The van der Waals surface area contributed by atoms with Crippen molar-refractivity contribution in [1.29, 1.82) is 0 Å². The second-order valence-corrected chi connectivity index (χ2v) is 14.2. The van der Waals surface area contributed by atoms with E-state index in [0.717, 1.165) is 49.8 Å². The molecule has 1 aromatic heterocycles. The van der Waals surface area contributed by atoms with Gasteiger partial charge in [-0.2, -0.15) is 0 Å². The van der Waals surface area contributed by atoms with Crippen LogP contribution in [0.25, 0.3) is 0 Å². The normalized spacial score (nSPS) is 16.5. The number of rotatable bonds is 8. The molecule has 1 fully saturated rings. The van der Waals surface area contributed by atoms with E-state index in [9.17, 15) is 22.8 Å². The number of anilines is 1. The standard InChI is InChI=1S/C36H45N5O7S/c1-27-21-32(11-13-34(27)48-26-35(43)40-17-19-47-20-18-40)49(45,46)38-36(44)30-10-12-33-31(22-30)25-39(24-29-9-8-14-37-23-29)15-6-4-3-5-7-16-41(33)28(2)42/h8-14,21-23H,3-7,15-20,24-26H2,1-2H3,(H,38,44). The summed E-state index contributed by atoms with van der Waals surface area (Å²) in [5.74, 6) is -0.675. The molecule has 0 radical (unpaired) electrons. The number of amides is 3. The van der Waals surface area contributed by atoms with Crippen molar-refractivity contribution in [2.24, 2.45) is 0 Å². The second-order valence-electron chi connectivity index (χ2n) is 12.5. The van der Waals surface area contributed by atoms with E-state index in [0.29, 0.717) is 62.9 Å². The Bertz CT molecular complexity index is 1730. The van der Waals surface area contributed by atoms with Crippen molar-refractivity contribution in [1.82, 2.24) is 19.5 Å². The maximum atomic E-state index is 13.5. The fourth-order valence-electron chi connectivity index (χ4n) is 6.14. The van der Waals surface area contributed by atoms with E-state index in [2.05, 4.69) is 14.6 Å². The molecule has 2 aliphatic rings. The average Bonchev–Trinajstić information content (AvgIpc) is 3.08. The topological polar surface area (TPSA) is 138 Å². The smallest absolute Gasteiger partial charge is 0.265 e. The minimum Gasteiger partial charge on any atom is -0.483 e. The molecule has 13 heteroatoms. The number of nitrogens with one attached hydrogen (secondary N) is 1. The lowest BCUT2D eigenvalue weighted by Crippen LogP contribution is -2.43. The Kier molecular flexibility index (Phi) is 12.4. The Labute approximate surface area is 288 Å². The van der Waals surface area contributed by atoms with Gasteiger partial charge in [0.15, 0.2) is 6.61 Å². The van der Waals surface area contributed by atoms with Gasteiger partial charge in [-0.25, -0.2) is 13.1 Å². The van der Waals surface area contributed by atoms with Gasteiger partial charge in [-0.1, -0.05) is 25.3 Å². The number of ether oxygens (including phenoxy) is 2. The molecule has 0 saturated carbocycles. The zero-order chi connectivity index (χ0) is 34.8. The van der Waals surface area contributed by atoms with E-state index in [-0.39, 0.29) is 28.9 Å². The van der Waals surface area contributed by atoms with Gasteiger partial charge in [-0.3, -0.25) is 24.3 Å². The second kappa shape index (κ2) is 16.9. The molecule has 3 aromatic rings. The minimum atomic E-state index is -4.25. The van der Waals surface area contributed by atoms with Gasteiger partial charge in [0.1, 0.15) is 5.75 Å². The Morgan fingerprint density at radius 3 is 2.41 bits per heavy atom. The average molecular weight is 692 g/mol. The number of hydrogen-bond donors (Lipinski definition) is 1. The van der Waals surface area contributed by atoms with Crippen molar-refractivity contribution in [3.8, 4) is 5.75 Å². The molecular formula is C36H45N5O7S. The number of benzene rings is 2. The number of morpholine rings is 1. The predicted molar refractivity (Wildman–Crippen MR) is 185 cm³/mol. The third-order valence-electron chi connectivity index (χ3n) is 8.79. The zero-order valence-corrected chi connectivity index (χ0v) is 29.0. The lowest BCUT2D eigenvalue weighted by Gasteiger charge is -2.29. The molecule has 0 bridgehead atoms. The summed E-state index contributed by atoms with van der Waals surface area (Å²) in [5, 5.41) is 0. The lowest BCUT2D eigenvalue weighted by molar-refractivity contribution is -0.137. The SMILES string of the molecule is CC(=O)N1CCCCCCCN(Cc2cccnc2)Cc2cc(C(=O)NS(=O)(=O)c3ccc(OCC(=O)N4CCOCC4)c(C)c3)ccc21. The number of sulfonamides is 1. The van der Waals surface area contributed by atoms with Crippen molar-refractivity contribution in [2.75, 3.05) is 50.9 Å². The van der Waals surface area contributed by atoms with Gasteiger partial charge >= 0.3 is 0 Å². The van der Waals surface area contributed by atoms with E-state index >= 15 is 0 Å². The molecule has 1 saturated heterocycles. The summed E-state index contributed by atoms with van der Waals surface area (Å²) >= 11 is 0. The number of carbonyl (C=O) groups is 3. The Balaban J connectivity index is 1.34. The van der Waals surface area contributed by atoms with Crippen LogP contribution in [-0.2, 0) is 37.4 Å². The molecule has 0 unspecified atom stereocenters. The number of hydrogen-bond acceptors (Lipinski definition) is 9. The number of nitrogens with zero attached hydrogens (tertiary/aromatic N) is 4. The largest absolute Gasteiger partial charge is 0.483 e. The van der Waals surface area contributed by atoms with Crippen molar-refractivity contribution >= 4 is 33.4 Å². The van der Waals surface area contributed by atoms with E-state index in [1.165, 1.54) is 25.1 Å². The first-order valence-electron chi connectivity index (χ1n) is 16.8. The summed E-state index contributed by atoms with van der Waals surface area (Å²) < 4.78 is 39.9. The zero-order valence-electron chi connectivity index (χ0n) is 28.2. The maximum Gasteiger partial charge on any atom is 0.265 e. The van der Waals surface area contributed by atoms with Crippen molar-refractivity contribution in [3.05, 3.63) is 83.2 Å². The highest BCUT2D eigenvalue weighted by atomic mass is 32.2. The molecule has 49 heavy (non-hydrogen) atoms. The fraction of sp³-hybridized carbons (Fsp3) is 0.444. The number of aryl methyl sites for hydroxylation is 1. The van der Waals surface area contributed by atoms with Crippen LogP contribution in [0.1, 0.15) is 66.1 Å². The number of fused-ring (bicyclic) bond motifs is 1. The summed E-state index contributed by atoms with van der Waals surface area (Å²) in [5.41, 5.74) is 3.19. The molecule has 2 aromatic carbocycles. The van der Waals surface area contributed by atoms with Gasteiger partial charge in [0.05, 0.1) is 18.1 Å². The first kappa shape index (κ1) is 36.0. The van der Waals surface area contributed by atoms with Crippen molar-refractivity contribution in [3.63, 3.8) is 0 Å². The maximum absolute atomic E-state index is 13.5. The van der Waals surface area contributed by atoms with Gasteiger partial charge < -0.3 is 19.3 Å². The van der Waals surface area contributed by atoms with Crippen LogP contribution >= 0.6 is 0 Å². The van der Waals surface area contributed by atoms with Gasteiger partial charge in [-0.05, 0) is 85.5 Å². The Morgan fingerprint density at radius 2 is 1.69 bits per heavy atom. The third-order valence-corrected chi connectivity index (χ3v) is 10.1. The van der Waals surface area contributed by atoms with E-state index < -0.39 is 15.9 Å². The molecule has 262 valence electrons. The van der Waals surface area contributed by atoms with Crippen LogP contribution in [0.15, 0.2) is 65.8 Å². The summed E-state index contributed by atoms with van der Waals surface area (Å²) in [6, 6.07) is 13.1. The van der Waals surface area contributed by atoms with Crippen LogP contribution in [0.5, 0.6) is 5.75 Å². The highest BCUT2D eigenvalue weighted by molar-refractivity contribution is 7.90. The van der Waals surface area contributed by atoms with Crippen LogP contribution in [0.4, 0.5) is 5.69 Å². The molecule has 12 nitrogen and oxygen atoms in total. The van der Waals surface area contributed by atoms with Gasteiger partial charge in [-0.15, -0.1) is 0 Å². The minimum absolute atomic E-state index is 0.0924. The quantitative estimate of drug-likeness (QED) is 0.371. The molecular weight excluding hydrogens is 646 g/mol. The predicted octanol–water partition coefficient (Wildman–Crippen LogP) is 4.07. The molecule has 0 atom stereocenters. The first-order valence-corrected chi connectivity index (χ1v) is 18.3. The molecule has 3 amide bonds. The van der Waals surface area contributed by atoms with E-state index in [4.69, 9.17) is 9.47 Å². The Hall–Kier alpha value is -4.33. The molecule has 1 N–H and O–H groups in total. The van der Waals surface area contributed by atoms with Crippen LogP contribution in [-0.4, -0.2) is 86.9 Å². The summed E-state index contributed by atoms with van der Waals surface area (Å²) in [4.78, 5) is 48.6. The Morgan fingerprint density at radius 1 is 0.939 bits per heavy atom. The molecule has 2 aliphatic heterocycles. The van der Waals surface area contributed by atoms with Crippen molar-refractivity contribution < 1.29 is 32.3 Å². The molecule has 5 rings (SSSR count). The molecule has 3 heterocycles. The van der Waals surface area contributed by atoms with Crippen LogP contribution in [0, 0.1) is 6.92 Å². The van der Waals surface area contributed by atoms with Crippen LogP contribution in [0.2, 0.25) is 0 Å². The van der Waals surface area contributed by atoms with Gasteiger partial charge in [0, 0.05) is 63.3 Å². The van der Waals surface area contributed by atoms with E-state index in [1.54, 1.807) is 41.1 Å². The summed E-state index contributed by atoms with van der Waals surface area (Å²) in [6.07, 6.45) is 8.63. The highest BCUT2D eigenvalue weighted by Gasteiger charge is 2.24. The van der Waals surface area contributed by atoms with Crippen LogP contribution < -0.4 is 14.4 Å². The van der Waals surface area contributed by atoms with Crippen molar-refractivity contribution in [2.45, 2.75) is 63.9 Å². The summed E-state index contributed by atoms with van der Waals surface area (Å²) in [6.45, 7) is 7.48. The van der Waals surface area contributed by atoms with Crippen LogP contribution in [0.3, 0.4) is 0 Å². The summed E-state index contributed by atoms with van der Waals surface area (Å²) in [7, 11) is -4.25. The van der Waals surface area contributed by atoms with E-state index in [1.807, 2.05) is 18.3 Å². The molecule has 0 spiro atoms. The fourth-order valence-corrected chi connectivity index (χ4v) is 7.20. The first-order chi connectivity index (χ1) is 23.6. The lowest BCUT2D eigenvalue weighted by atomic mass is 10.0. The monoisotopic (exact) mass is 691 g/mol. The van der Waals surface area contributed by atoms with Gasteiger partial charge in [0.25, 0.3) is 21.8 Å². The number of aromatic nitrogens is 1. The highest BCUT2D eigenvalue weighted by Crippen LogP contribution is 2.27. The van der Waals surface area contributed by atoms with Gasteiger partial charge in [0.2, 0.25) is 5.91 Å². The number of carbonyl (C=O) groups excluding carboxylic acids is 3.